The van der Waals surface area contributed by atoms with Crippen LogP contribution in [0.2, 0.25) is 5.02 Å². The third-order valence-electron chi connectivity index (χ3n) is 3.07. The van der Waals surface area contributed by atoms with Crippen LogP contribution in [-0.2, 0) is 0 Å². The molecule has 2 N–H and O–H groups in total. The number of nitrogens with zero attached hydrogens (tertiary/aromatic N) is 4. The molecule has 3 aromatic rings. The summed E-state index contributed by atoms with van der Waals surface area (Å²) in [5.41, 5.74) is 9.30. The molecule has 1 heterocycles. The van der Waals surface area contributed by atoms with Gasteiger partial charge < -0.3 is 5.73 Å². The van der Waals surface area contributed by atoms with Gasteiger partial charge in [0, 0.05) is 16.3 Å². The van der Waals surface area contributed by atoms with E-state index in [1.807, 2.05) is 37.3 Å². The Morgan fingerprint density at radius 3 is 2.70 bits per heavy atom. The second kappa shape index (κ2) is 4.94. The molecule has 0 radical (unpaired) electrons. The number of hydrogen-bond acceptors (Lipinski definition) is 4. The van der Waals surface area contributed by atoms with Gasteiger partial charge in [-0.2, -0.15) is 4.68 Å². The number of tetrazole rings is 1. The summed E-state index contributed by atoms with van der Waals surface area (Å²) in [6, 6.07) is 13.2. The lowest BCUT2D eigenvalue weighted by Gasteiger charge is -2.09. The molecule has 0 spiro atoms. The average molecular weight is 286 g/mol. The van der Waals surface area contributed by atoms with Gasteiger partial charge in [0.1, 0.15) is 0 Å². The van der Waals surface area contributed by atoms with Gasteiger partial charge in [0.25, 0.3) is 0 Å². The van der Waals surface area contributed by atoms with E-state index >= 15 is 0 Å². The monoisotopic (exact) mass is 285 g/mol. The molecular weight excluding hydrogens is 274 g/mol. The molecule has 0 aliphatic heterocycles. The molecule has 0 amide bonds. The summed E-state index contributed by atoms with van der Waals surface area (Å²) in [5, 5.41) is 12.5. The highest BCUT2D eigenvalue weighted by molar-refractivity contribution is 6.31. The molecule has 20 heavy (non-hydrogen) atoms. The van der Waals surface area contributed by atoms with Crippen molar-refractivity contribution in [3.8, 4) is 17.1 Å². The van der Waals surface area contributed by atoms with Gasteiger partial charge in [-0.05, 0) is 47.2 Å². The van der Waals surface area contributed by atoms with Gasteiger partial charge in [-0.25, -0.2) is 0 Å². The lowest BCUT2D eigenvalue weighted by atomic mass is 10.1. The Hall–Kier alpha value is -2.40. The van der Waals surface area contributed by atoms with E-state index in [0.29, 0.717) is 16.5 Å². The second-order valence-corrected chi connectivity index (χ2v) is 4.87. The van der Waals surface area contributed by atoms with E-state index in [2.05, 4.69) is 15.5 Å². The number of anilines is 1. The quantitative estimate of drug-likeness (QED) is 0.735. The number of hydrogen-bond donors (Lipinski definition) is 1. The van der Waals surface area contributed by atoms with E-state index in [1.54, 1.807) is 16.8 Å². The summed E-state index contributed by atoms with van der Waals surface area (Å²) in [5.74, 6) is 0.591. The van der Waals surface area contributed by atoms with Gasteiger partial charge in [0.15, 0.2) is 5.82 Å². The van der Waals surface area contributed by atoms with Gasteiger partial charge in [-0.3, -0.25) is 0 Å². The van der Waals surface area contributed by atoms with E-state index in [0.717, 1.165) is 16.8 Å². The Balaban J connectivity index is 2.18. The third-order valence-corrected chi connectivity index (χ3v) is 3.30. The van der Waals surface area contributed by atoms with Gasteiger partial charge in [0.05, 0.1) is 5.69 Å². The van der Waals surface area contributed by atoms with Gasteiger partial charge in [0.2, 0.25) is 0 Å². The maximum absolute atomic E-state index is 6.00. The minimum Gasteiger partial charge on any atom is -0.398 e. The Morgan fingerprint density at radius 1 is 1.15 bits per heavy atom. The second-order valence-electron chi connectivity index (χ2n) is 4.43. The summed E-state index contributed by atoms with van der Waals surface area (Å²) in [6.45, 7) is 2.01. The number of aryl methyl sites for hydroxylation is 1. The average Bonchev–Trinajstić information content (AvgIpc) is 2.88. The van der Waals surface area contributed by atoms with E-state index in [1.165, 1.54) is 0 Å². The summed E-state index contributed by atoms with van der Waals surface area (Å²) in [6.07, 6.45) is 0. The number of benzene rings is 2. The fourth-order valence-corrected chi connectivity index (χ4v) is 2.24. The van der Waals surface area contributed by atoms with Crippen LogP contribution < -0.4 is 5.73 Å². The van der Waals surface area contributed by atoms with Gasteiger partial charge >= 0.3 is 0 Å². The lowest BCUT2D eigenvalue weighted by molar-refractivity contribution is 0.787. The zero-order valence-electron chi connectivity index (χ0n) is 10.8. The van der Waals surface area contributed by atoms with Crippen LogP contribution >= 0.6 is 11.6 Å². The number of halogens is 1. The fourth-order valence-electron chi connectivity index (χ4n) is 2.06. The predicted octanol–water partition coefficient (Wildman–Crippen LogP) is 2.87. The lowest BCUT2D eigenvalue weighted by Crippen LogP contribution is -2.03. The molecule has 5 nitrogen and oxygen atoms in total. The van der Waals surface area contributed by atoms with Crippen molar-refractivity contribution < 1.29 is 0 Å². The first kappa shape index (κ1) is 12.6. The molecular formula is C14H12ClN5. The molecule has 0 fully saturated rings. The van der Waals surface area contributed by atoms with Crippen LogP contribution in [0.25, 0.3) is 17.1 Å². The van der Waals surface area contributed by atoms with E-state index in [4.69, 9.17) is 17.3 Å². The van der Waals surface area contributed by atoms with Crippen LogP contribution in [0.3, 0.4) is 0 Å². The zero-order chi connectivity index (χ0) is 14.1. The normalized spacial score (nSPS) is 10.7. The minimum atomic E-state index is 0.544. The van der Waals surface area contributed by atoms with E-state index in [9.17, 15) is 0 Å². The number of para-hydroxylation sites is 1. The van der Waals surface area contributed by atoms with Crippen molar-refractivity contribution in [3.05, 3.63) is 53.1 Å². The number of rotatable bonds is 2. The first-order valence-electron chi connectivity index (χ1n) is 6.06. The summed E-state index contributed by atoms with van der Waals surface area (Å²) in [4.78, 5) is 0. The fraction of sp³-hybridized carbons (Fsp3) is 0.0714. The predicted molar refractivity (Wildman–Crippen MR) is 78.7 cm³/mol. The molecule has 0 atom stereocenters. The van der Waals surface area contributed by atoms with Crippen molar-refractivity contribution in [2.45, 2.75) is 6.92 Å². The molecule has 6 heteroatoms. The summed E-state index contributed by atoms with van der Waals surface area (Å²) < 4.78 is 1.68. The molecule has 3 rings (SSSR count). The third kappa shape index (κ3) is 2.12. The molecule has 0 saturated carbocycles. The van der Waals surface area contributed by atoms with Gasteiger partial charge in [-0.1, -0.05) is 29.8 Å². The zero-order valence-corrected chi connectivity index (χ0v) is 11.5. The molecule has 0 saturated heterocycles. The van der Waals surface area contributed by atoms with Crippen LogP contribution in [0.4, 0.5) is 5.69 Å². The Bertz CT molecular complexity index is 766. The SMILES string of the molecule is Cc1ccccc1-n1nnnc1-c1ccc(Cl)cc1N. The summed E-state index contributed by atoms with van der Waals surface area (Å²) in [7, 11) is 0. The topological polar surface area (TPSA) is 69.6 Å². The largest absolute Gasteiger partial charge is 0.398 e. The smallest absolute Gasteiger partial charge is 0.189 e. The molecule has 1 aromatic heterocycles. The van der Waals surface area contributed by atoms with Crippen LogP contribution in [0, 0.1) is 6.92 Å². The number of aromatic nitrogens is 4. The van der Waals surface area contributed by atoms with Crippen molar-refractivity contribution in [2.24, 2.45) is 0 Å². The van der Waals surface area contributed by atoms with Gasteiger partial charge in [-0.15, -0.1) is 5.10 Å². The molecule has 0 unspecified atom stereocenters. The van der Waals surface area contributed by atoms with Crippen LogP contribution in [0.5, 0.6) is 0 Å². The Labute approximate surface area is 121 Å². The highest BCUT2D eigenvalue weighted by Crippen LogP contribution is 2.28. The maximum Gasteiger partial charge on any atom is 0.189 e. The van der Waals surface area contributed by atoms with Crippen LogP contribution in [0.15, 0.2) is 42.5 Å². The highest BCUT2D eigenvalue weighted by Gasteiger charge is 2.14. The Morgan fingerprint density at radius 2 is 1.95 bits per heavy atom. The molecule has 0 aliphatic carbocycles. The van der Waals surface area contributed by atoms with Crippen molar-refractivity contribution in [3.63, 3.8) is 0 Å². The molecule has 0 bridgehead atoms. The van der Waals surface area contributed by atoms with Crippen LogP contribution in [-0.4, -0.2) is 20.2 Å². The van der Waals surface area contributed by atoms with Crippen molar-refractivity contribution >= 4 is 17.3 Å². The Kier molecular flexibility index (Phi) is 3.12. The van der Waals surface area contributed by atoms with E-state index < -0.39 is 0 Å². The first-order chi connectivity index (χ1) is 9.66. The maximum atomic E-state index is 6.00. The number of nitrogens with two attached hydrogens (primary N) is 1. The van der Waals surface area contributed by atoms with Crippen molar-refractivity contribution in [1.82, 2.24) is 20.2 Å². The summed E-state index contributed by atoms with van der Waals surface area (Å²) >= 11 is 5.92. The van der Waals surface area contributed by atoms with Crippen molar-refractivity contribution in [1.29, 1.82) is 0 Å². The van der Waals surface area contributed by atoms with E-state index in [-0.39, 0.29) is 0 Å². The first-order valence-corrected chi connectivity index (χ1v) is 6.44. The molecule has 0 aliphatic rings. The highest BCUT2D eigenvalue weighted by atomic mass is 35.5. The molecule has 2 aromatic carbocycles. The number of nitrogen functional groups attached to an aromatic ring is 1. The van der Waals surface area contributed by atoms with Crippen molar-refractivity contribution in [2.75, 3.05) is 5.73 Å². The van der Waals surface area contributed by atoms with Crippen LogP contribution in [0.1, 0.15) is 5.56 Å². The minimum absolute atomic E-state index is 0.544. The standard InChI is InChI=1S/C14H12ClN5/c1-9-4-2-3-5-13(9)20-14(17-18-19-20)11-7-6-10(15)8-12(11)16/h2-8H,16H2,1H3. The molecule has 100 valence electrons.